The molecule has 2 aromatic rings. The standard InChI is InChI=1S/C35H44ClN3O7/c1-22(2)17-30-33(42)45-28(23(3)12-13-24-9-8-16-37-20-24)10-7-11-31(40)39-27(19-25-14-15-29(44-6)26(36)18-25)32(41)38-21-35(4,5)34(43)46-30/h7-9,11-16,18,20,22-23,27-28,30H,10,17,19,21H2,1-6H3,(H,38,41)(H,39,40)/b11-7+,13-12+/t23-,27-,28+,30+/m1/s1. The van der Waals surface area contributed by atoms with E-state index in [0.29, 0.717) is 16.3 Å². The molecule has 0 bridgehead atoms. The van der Waals surface area contributed by atoms with Crippen molar-refractivity contribution in [3.8, 4) is 5.75 Å². The van der Waals surface area contributed by atoms with Gasteiger partial charge in [0.15, 0.2) is 6.10 Å². The van der Waals surface area contributed by atoms with Crippen LogP contribution in [0.15, 0.2) is 61.0 Å². The fourth-order valence-electron chi connectivity index (χ4n) is 4.68. The second-order valence-electron chi connectivity index (χ2n) is 12.5. The van der Waals surface area contributed by atoms with Gasteiger partial charge in [-0.05, 0) is 61.6 Å². The highest BCUT2D eigenvalue weighted by molar-refractivity contribution is 6.32. The van der Waals surface area contributed by atoms with E-state index in [1.54, 1.807) is 50.5 Å². The first-order chi connectivity index (χ1) is 21.8. The SMILES string of the molecule is COc1ccc(C[C@H]2NC(=O)/C=C/C[C@@H]([C@H](C)/C=C/c3cccnc3)OC(=O)[C@H](CC(C)C)OC(=O)C(C)(C)CNC2=O)cc1Cl. The summed E-state index contributed by atoms with van der Waals surface area (Å²) in [4.78, 5) is 57.4. The molecule has 0 spiro atoms. The van der Waals surface area contributed by atoms with Crippen LogP contribution in [-0.2, 0) is 35.1 Å². The van der Waals surface area contributed by atoms with E-state index in [-0.39, 0.29) is 37.6 Å². The van der Waals surface area contributed by atoms with E-state index < -0.39 is 47.4 Å². The number of esters is 2. The van der Waals surface area contributed by atoms with E-state index in [9.17, 15) is 19.2 Å². The molecule has 0 saturated carbocycles. The molecule has 0 radical (unpaired) electrons. The minimum Gasteiger partial charge on any atom is -0.495 e. The number of cyclic esters (lactones) is 2. The minimum atomic E-state index is -1.20. The van der Waals surface area contributed by atoms with Gasteiger partial charge in [0.25, 0.3) is 0 Å². The zero-order chi connectivity index (χ0) is 33.9. The second kappa shape index (κ2) is 16.9. The number of aromatic nitrogens is 1. The lowest BCUT2D eigenvalue weighted by Gasteiger charge is -2.29. The Hall–Kier alpha value is -4.18. The van der Waals surface area contributed by atoms with Gasteiger partial charge in [-0.25, -0.2) is 4.79 Å². The summed E-state index contributed by atoms with van der Waals surface area (Å²) in [6, 6.07) is 7.85. The van der Waals surface area contributed by atoms with Crippen molar-refractivity contribution in [3.05, 3.63) is 77.1 Å². The van der Waals surface area contributed by atoms with Crippen LogP contribution >= 0.6 is 11.6 Å². The van der Waals surface area contributed by atoms with Gasteiger partial charge in [0.1, 0.15) is 17.9 Å². The normalized spacial score (nSPS) is 22.8. The molecular weight excluding hydrogens is 610 g/mol. The fourth-order valence-corrected chi connectivity index (χ4v) is 4.96. The number of carbonyl (C=O) groups is 4. The zero-order valence-electron chi connectivity index (χ0n) is 27.2. The molecule has 1 aromatic carbocycles. The Balaban J connectivity index is 1.93. The Morgan fingerprint density at radius 1 is 1.13 bits per heavy atom. The molecule has 3 rings (SSSR count). The van der Waals surface area contributed by atoms with E-state index in [0.717, 1.165) is 5.56 Å². The molecule has 0 fully saturated rings. The number of pyridine rings is 1. The van der Waals surface area contributed by atoms with Crippen LogP contribution in [0, 0.1) is 17.3 Å². The molecule has 1 aromatic heterocycles. The van der Waals surface area contributed by atoms with Crippen LogP contribution in [0.3, 0.4) is 0 Å². The first kappa shape index (κ1) is 36.3. The molecule has 1 aliphatic heterocycles. The van der Waals surface area contributed by atoms with Crippen LogP contribution in [0.2, 0.25) is 5.02 Å². The molecule has 0 aliphatic carbocycles. The van der Waals surface area contributed by atoms with E-state index in [2.05, 4.69) is 15.6 Å². The van der Waals surface area contributed by atoms with Crippen molar-refractivity contribution in [1.82, 2.24) is 15.6 Å². The summed E-state index contributed by atoms with van der Waals surface area (Å²) >= 11 is 6.30. The summed E-state index contributed by atoms with van der Waals surface area (Å²) in [5.41, 5.74) is 0.375. The van der Waals surface area contributed by atoms with Gasteiger partial charge < -0.3 is 24.8 Å². The summed E-state index contributed by atoms with van der Waals surface area (Å²) in [6.07, 6.45) is 8.83. The molecule has 0 unspecified atom stereocenters. The summed E-state index contributed by atoms with van der Waals surface area (Å²) in [5, 5.41) is 5.89. The largest absolute Gasteiger partial charge is 0.495 e. The van der Waals surface area contributed by atoms with Gasteiger partial charge in [-0.15, -0.1) is 0 Å². The van der Waals surface area contributed by atoms with Crippen LogP contribution < -0.4 is 15.4 Å². The third-order valence-corrected chi connectivity index (χ3v) is 7.81. The number of methoxy groups -OCH3 is 1. The zero-order valence-corrected chi connectivity index (χ0v) is 28.0. The summed E-state index contributed by atoms with van der Waals surface area (Å²) in [7, 11) is 1.50. The number of rotatable bonds is 8. The molecule has 10 nitrogen and oxygen atoms in total. The quantitative estimate of drug-likeness (QED) is 0.377. The number of hydrogen-bond acceptors (Lipinski definition) is 8. The highest BCUT2D eigenvalue weighted by atomic mass is 35.5. The van der Waals surface area contributed by atoms with Gasteiger partial charge in [-0.3, -0.25) is 19.4 Å². The van der Waals surface area contributed by atoms with Gasteiger partial charge in [0.05, 0.1) is 17.5 Å². The summed E-state index contributed by atoms with van der Waals surface area (Å²) < 4.78 is 16.9. The number of carbonyl (C=O) groups excluding carboxylic acids is 4. The topological polar surface area (TPSA) is 133 Å². The first-order valence-electron chi connectivity index (χ1n) is 15.4. The van der Waals surface area contributed by atoms with Crippen molar-refractivity contribution < 1.29 is 33.4 Å². The average Bonchev–Trinajstić information content (AvgIpc) is 3.01. The predicted octanol–water partition coefficient (Wildman–Crippen LogP) is 5.09. The number of ether oxygens (including phenoxy) is 3. The maximum absolute atomic E-state index is 13.5. The fraction of sp³-hybridized carbons (Fsp3) is 0.457. The Morgan fingerprint density at radius 2 is 1.89 bits per heavy atom. The summed E-state index contributed by atoms with van der Waals surface area (Å²) in [6.45, 7) is 8.86. The highest BCUT2D eigenvalue weighted by Crippen LogP contribution is 2.26. The lowest BCUT2D eigenvalue weighted by atomic mass is 9.93. The Kier molecular flexibility index (Phi) is 13.4. The highest BCUT2D eigenvalue weighted by Gasteiger charge is 2.37. The van der Waals surface area contributed by atoms with Crippen molar-refractivity contribution in [2.24, 2.45) is 17.3 Å². The molecule has 2 N–H and O–H groups in total. The second-order valence-corrected chi connectivity index (χ2v) is 12.9. The van der Waals surface area contributed by atoms with Crippen LogP contribution in [0.5, 0.6) is 5.75 Å². The number of benzene rings is 1. The van der Waals surface area contributed by atoms with Gasteiger partial charge in [0.2, 0.25) is 11.8 Å². The molecule has 4 atom stereocenters. The first-order valence-corrected chi connectivity index (χ1v) is 15.7. The van der Waals surface area contributed by atoms with Crippen molar-refractivity contribution in [2.75, 3.05) is 13.7 Å². The molecule has 11 heteroatoms. The molecule has 248 valence electrons. The molecular formula is C35H44ClN3O7. The third-order valence-electron chi connectivity index (χ3n) is 7.51. The maximum Gasteiger partial charge on any atom is 0.347 e. The van der Waals surface area contributed by atoms with Crippen molar-refractivity contribution in [1.29, 1.82) is 0 Å². The van der Waals surface area contributed by atoms with Gasteiger partial charge in [-0.1, -0.05) is 62.7 Å². The molecule has 2 amide bonds. The predicted molar refractivity (Wildman–Crippen MR) is 176 cm³/mol. The van der Waals surface area contributed by atoms with Gasteiger partial charge >= 0.3 is 11.9 Å². The van der Waals surface area contributed by atoms with Crippen molar-refractivity contribution in [3.63, 3.8) is 0 Å². The molecule has 2 heterocycles. The van der Waals surface area contributed by atoms with Gasteiger partial charge in [-0.2, -0.15) is 0 Å². The number of halogens is 1. The molecule has 0 saturated heterocycles. The van der Waals surface area contributed by atoms with Gasteiger partial charge in [0, 0.05) is 37.7 Å². The number of nitrogens with one attached hydrogen (secondary N) is 2. The average molecular weight is 654 g/mol. The lowest BCUT2D eigenvalue weighted by molar-refractivity contribution is -0.178. The Morgan fingerprint density at radius 3 is 2.54 bits per heavy atom. The number of hydrogen-bond donors (Lipinski definition) is 2. The minimum absolute atomic E-state index is 0.0240. The van der Waals surface area contributed by atoms with E-state index in [1.165, 1.54) is 13.2 Å². The Bertz CT molecular complexity index is 1420. The third kappa shape index (κ3) is 11.0. The lowest BCUT2D eigenvalue weighted by Crippen LogP contribution is -2.51. The van der Waals surface area contributed by atoms with Crippen LogP contribution in [0.4, 0.5) is 0 Å². The van der Waals surface area contributed by atoms with E-state index in [4.69, 9.17) is 25.8 Å². The van der Waals surface area contributed by atoms with Crippen LogP contribution in [0.25, 0.3) is 6.08 Å². The number of amides is 2. The maximum atomic E-state index is 13.5. The molecule has 1 aliphatic rings. The van der Waals surface area contributed by atoms with Crippen LogP contribution in [-0.4, -0.2) is 60.6 Å². The van der Waals surface area contributed by atoms with Crippen molar-refractivity contribution >= 4 is 41.4 Å². The summed E-state index contributed by atoms with van der Waals surface area (Å²) in [5.74, 6) is -2.10. The molecule has 46 heavy (non-hydrogen) atoms. The Labute approximate surface area is 275 Å². The van der Waals surface area contributed by atoms with Crippen molar-refractivity contribution in [2.45, 2.75) is 72.1 Å². The van der Waals surface area contributed by atoms with E-state index >= 15 is 0 Å². The monoisotopic (exact) mass is 653 g/mol. The van der Waals surface area contributed by atoms with E-state index in [1.807, 2.05) is 45.1 Å². The number of nitrogens with zero attached hydrogens (tertiary/aromatic N) is 1. The smallest absolute Gasteiger partial charge is 0.347 e. The van der Waals surface area contributed by atoms with Crippen LogP contribution in [0.1, 0.15) is 58.6 Å².